The molecule has 0 N–H and O–H groups in total. The van der Waals surface area contributed by atoms with Gasteiger partial charge < -0.3 is 9.47 Å². The number of para-hydroxylation sites is 1. The summed E-state index contributed by atoms with van der Waals surface area (Å²) in [4.78, 5) is 28.7. The Balaban J connectivity index is 1.79. The molecule has 6 heteroatoms. The molecule has 2 heterocycles. The highest BCUT2D eigenvalue weighted by atomic mass is 16.6. The number of aromatic nitrogens is 1. The van der Waals surface area contributed by atoms with Crippen molar-refractivity contribution < 1.29 is 19.1 Å². The van der Waals surface area contributed by atoms with Crippen molar-refractivity contribution >= 4 is 34.8 Å². The highest BCUT2D eigenvalue weighted by Gasteiger charge is 2.25. The molecule has 0 saturated carbocycles. The Morgan fingerprint density at radius 3 is 2.74 bits per heavy atom. The van der Waals surface area contributed by atoms with E-state index in [1.54, 1.807) is 42.0 Å². The summed E-state index contributed by atoms with van der Waals surface area (Å²) in [6, 6.07) is 16.5. The summed E-state index contributed by atoms with van der Waals surface area (Å²) < 4.78 is 12.0. The predicted molar refractivity (Wildman–Crippen MR) is 102 cm³/mol. The lowest BCUT2D eigenvalue weighted by Gasteiger charge is -2.02. The van der Waals surface area contributed by atoms with E-state index in [1.165, 1.54) is 6.92 Å². The van der Waals surface area contributed by atoms with Crippen LogP contribution in [0.15, 0.2) is 65.3 Å². The lowest BCUT2D eigenvalue weighted by molar-refractivity contribution is -0.129. The van der Waals surface area contributed by atoms with E-state index in [9.17, 15) is 9.59 Å². The molecule has 0 atom stereocenters. The first kappa shape index (κ1) is 16.8. The van der Waals surface area contributed by atoms with Crippen LogP contribution in [0, 0.1) is 0 Å². The molecular weight excluding hydrogens is 344 g/mol. The van der Waals surface area contributed by atoms with Crippen LogP contribution in [0.5, 0.6) is 5.75 Å². The third-order valence-electron chi connectivity index (χ3n) is 4.28. The summed E-state index contributed by atoms with van der Waals surface area (Å²) in [6.07, 6.45) is 1.57. The van der Waals surface area contributed by atoms with Crippen LogP contribution in [0.4, 0.5) is 0 Å². The van der Waals surface area contributed by atoms with Gasteiger partial charge in [0, 0.05) is 17.9 Å². The first-order chi connectivity index (χ1) is 13.1. The molecule has 0 saturated heterocycles. The lowest BCUT2D eigenvalue weighted by atomic mass is 10.2. The molecule has 4 rings (SSSR count). The van der Waals surface area contributed by atoms with Gasteiger partial charge in [0.25, 0.3) is 0 Å². The number of esters is 1. The summed E-state index contributed by atoms with van der Waals surface area (Å²) in [5, 5.41) is 0.905. The van der Waals surface area contributed by atoms with E-state index in [0.29, 0.717) is 17.0 Å². The van der Waals surface area contributed by atoms with E-state index in [2.05, 4.69) is 4.99 Å². The summed E-state index contributed by atoms with van der Waals surface area (Å²) >= 11 is 0. The van der Waals surface area contributed by atoms with Gasteiger partial charge in [-0.25, -0.2) is 9.79 Å². The Morgan fingerprint density at radius 1 is 1.15 bits per heavy atom. The quantitative estimate of drug-likeness (QED) is 0.528. The number of methoxy groups -OCH3 is 1. The molecule has 0 fully saturated rings. The molecule has 1 aliphatic rings. The Morgan fingerprint density at radius 2 is 1.96 bits per heavy atom. The van der Waals surface area contributed by atoms with Gasteiger partial charge in [-0.1, -0.05) is 24.3 Å². The number of hydrogen-bond acceptors (Lipinski definition) is 5. The monoisotopic (exact) mass is 360 g/mol. The molecule has 0 spiro atoms. The molecule has 1 aliphatic heterocycles. The maximum absolute atomic E-state index is 12.3. The second-order valence-corrected chi connectivity index (χ2v) is 6.05. The number of cyclic esters (lactones) is 1. The molecule has 1 aromatic heterocycles. The van der Waals surface area contributed by atoms with Crippen molar-refractivity contribution in [2.45, 2.75) is 6.92 Å². The van der Waals surface area contributed by atoms with E-state index in [1.807, 2.05) is 30.3 Å². The van der Waals surface area contributed by atoms with Crippen LogP contribution in [0.1, 0.15) is 23.0 Å². The van der Waals surface area contributed by atoms with E-state index in [0.717, 1.165) is 10.9 Å². The molecule has 0 amide bonds. The standard InChI is InChI=1S/C21H16N2O4/c1-13(24)23-16(10-14-6-3-4-9-19(14)23)12-18-21(25)27-20(22-18)15-7-5-8-17(11-15)26-2/h3-12H,1-2H3. The maximum Gasteiger partial charge on any atom is 0.363 e. The van der Waals surface area contributed by atoms with Crippen molar-refractivity contribution in [3.63, 3.8) is 0 Å². The van der Waals surface area contributed by atoms with E-state index in [4.69, 9.17) is 9.47 Å². The SMILES string of the molecule is COc1cccc(C2=NC(=Cc3cc4ccccc4n3C(C)=O)C(=O)O2)c1. The number of rotatable bonds is 3. The normalized spacial score (nSPS) is 15.1. The molecule has 2 aromatic carbocycles. The number of hydrogen-bond donors (Lipinski definition) is 0. The van der Waals surface area contributed by atoms with Gasteiger partial charge in [-0.2, -0.15) is 0 Å². The fraction of sp³-hybridized carbons (Fsp3) is 0.0952. The predicted octanol–water partition coefficient (Wildman–Crippen LogP) is 3.65. The Labute approximate surface area is 155 Å². The fourth-order valence-corrected chi connectivity index (χ4v) is 3.06. The van der Waals surface area contributed by atoms with Crippen molar-refractivity contribution in [3.8, 4) is 5.75 Å². The maximum atomic E-state index is 12.3. The zero-order chi connectivity index (χ0) is 19.0. The Bertz CT molecular complexity index is 1140. The average molecular weight is 360 g/mol. The van der Waals surface area contributed by atoms with Gasteiger partial charge >= 0.3 is 5.97 Å². The van der Waals surface area contributed by atoms with Crippen molar-refractivity contribution in [2.75, 3.05) is 7.11 Å². The average Bonchev–Trinajstić information content (AvgIpc) is 3.22. The summed E-state index contributed by atoms with van der Waals surface area (Å²) in [5.41, 5.74) is 2.13. The third kappa shape index (κ3) is 3.01. The number of benzene rings is 2. The second kappa shape index (κ2) is 6.57. The number of ether oxygens (including phenoxy) is 2. The highest BCUT2D eigenvalue weighted by molar-refractivity contribution is 6.13. The zero-order valence-electron chi connectivity index (χ0n) is 14.8. The van der Waals surface area contributed by atoms with Gasteiger partial charge in [0.05, 0.1) is 18.3 Å². The van der Waals surface area contributed by atoms with Gasteiger partial charge in [0.15, 0.2) is 5.70 Å². The van der Waals surface area contributed by atoms with E-state index < -0.39 is 5.97 Å². The van der Waals surface area contributed by atoms with E-state index in [-0.39, 0.29) is 17.5 Å². The van der Waals surface area contributed by atoms with Crippen LogP contribution in [-0.2, 0) is 9.53 Å². The molecule has 6 nitrogen and oxygen atoms in total. The Kier molecular flexibility index (Phi) is 4.08. The van der Waals surface area contributed by atoms with Gasteiger partial charge in [-0.05, 0) is 36.4 Å². The number of aliphatic imine (C=N–C) groups is 1. The highest BCUT2D eigenvalue weighted by Crippen LogP contribution is 2.25. The number of carbonyl (C=O) groups is 2. The zero-order valence-corrected chi connectivity index (χ0v) is 14.8. The van der Waals surface area contributed by atoms with Gasteiger partial charge in [0.1, 0.15) is 5.75 Å². The summed E-state index contributed by atoms with van der Waals surface area (Å²) in [7, 11) is 1.56. The largest absolute Gasteiger partial charge is 0.497 e. The molecule has 0 aliphatic carbocycles. The molecule has 27 heavy (non-hydrogen) atoms. The molecule has 134 valence electrons. The third-order valence-corrected chi connectivity index (χ3v) is 4.28. The van der Waals surface area contributed by atoms with Crippen molar-refractivity contribution in [1.29, 1.82) is 0 Å². The van der Waals surface area contributed by atoms with Crippen LogP contribution in [0.25, 0.3) is 17.0 Å². The number of carbonyl (C=O) groups excluding carboxylic acids is 2. The molecular formula is C21H16N2O4. The Hall–Kier alpha value is -3.67. The van der Waals surface area contributed by atoms with Crippen LogP contribution < -0.4 is 4.74 Å². The lowest BCUT2D eigenvalue weighted by Crippen LogP contribution is -2.08. The smallest absolute Gasteiger partial charge is 0.363 e. The van der Waals surface area contributed by atoms with Crippen LogP contribution in [-0.4, -0.2) is 29.5 Å². The second-order valence-electron chi connectivity index (χ2n) is 6.05. The van der Waals surface area contributed by atoms with Gasteiger partial charge in [-0.15, -0.1) is 0 Å². The van der Waals surface area contributed by atoms with Crippen LogP contribution >= 0.6 is 0 Å². The minimum Gasteiger partial charge on any atom is -0.497 e. The number of nitrogens with zero attached hydrogens (tertiary/aromatic N) is 2. The summed E-state index contributed by atoms with van der Waals surface area (Å²) in [6.45, 7) is 1.48. The van der Waals surface area contributed by atoms with Gasteiger partial charge in [0.2, 0.25) is 11.8 Å². The topological polar surface area (TPSA) is 69.9 Å². The van der Waals surface area contributed by atoms with Crippen molar-refractivity contribution in [3.05, 3.63) is 71.6 Å². The first-order valence-electron chi connectivity index (χ1n) is 8.35. The molecule has 0 bridgehead atoms. The van der Waals surface area contributed by atoms with Crippen molar-refractivity contribution in [2.24, 2.45) is 4.99 Å². The van der Waals surface area contributed by atoms with Crippen molar-refractivity contribution in [1.82, 2.24) is 4.57 Å². The number of fused-ring (bicyclic) bond motifs is 1. The van der Waals surface area contributed by atoms with Crippen LogP contribution in [0.2, 0.25) is 0 Å². The minimum absolute atomic E-state index is 0.137. The molecule has 0 radical (unpaired) electrons. The fourth-order valence-electron chi connectivity index (χ4n) is 3.06. The minimum atomic E-state index is -0.562. The molecule has 3 aromatic rings. The van der Waals surface area contributed by atoms with E-state index >= 15 is 0 Å². The summed E-state index contributed by atoms with van der Waals surface area (Å²) in [5.74, 6) is 0.135. The molecule has 0 unspecified atom stereocenters. The van der Waals surface area contributed by atoms with Gasteiger partial charge in [-0.3, -0.25) is 9.36 Å². The van der Waals surface area contributed by atoms with Crippen LogP contribution in [0.3, 0.4) is 0 Å². The first-order valence-corrected chi connectivity index (χ1v) is 8.35.